The average Bonchev–Trinajstić information content (AvgIpc) is 2.24. The molecule has 3 nitrogen and oxygen atoms in total. The van der Waals surface area contributed by atoms with Crippen molar-refractivity contribution in [3.8, 4) is 0 Å². The van der Waals surface area contributed by atoms with Gasteiger partial charge < -0.3 is 4.55 Å². The smallest absolute Gasteiger partial charge is 0.0945 e. The van der Waals surface area contributed by atoms with E-state index in [9.17, 15) is 13.0 Å². The van der Waals surface area contributed by atoms with Gasteiger partial charge in [0, 0.05) is 5.75 Å². The zero-order valence-corrected chi connectivity index (χ0v) is 9.87. The fraction of sp³-hybridized carbons (Fsp3) is 0.333. The van der Waals surface area contributed by atoms with Crippen molar-refractivity contribution in [2.24, 2.45) is 0 Å². The predicted octanol–water partition coefficient (Wildman–Crippen LogP) is 2.20. The number of rotatable bonds is 6. The lowest BCUT2D eigenvalue weighted by atomic mass is 10.1. The molecule has 16 heavy (non-hydrogen) atoms. The maximum Gasteiger partial charge on any atom is 0.0945 e. The first-order valence-corrected chi connectivity index (χ1v) is 6.74. The third kappa shape index (κ3) is 5.09. The molecule has 1 aromatic carbocycles. The summed E-state index contributed by atoms with van der Waals surface area (Å²) in [5, 5.41) is 0. The minimum absolute atomic E-state index is 0.266. The summed E-state index contributed by atoms with van der Waals surface area (Å²) in [6.45, 7) is 3.66. The highest BCUT2D eigenvalue weighted by Gasteiger charge is 1.97. The van der Waals surface area contributed by atoms with Gasteiger partial charge in [0.15, 0.2) is 0 Å². The molecule has 0 saturated carbocycles. The molecule has 0 spiro atoms. The van der Waals surface area contributed by atoms with Crippen molar-refractivity contribution >= 4 is 16.2 Å². The summed E-state index contributed by atoms with van der Waals surface area (Å²) >= 11 is 0. The summed E-state index contributed by atoms with van der Waals surface area (Å²) in [4.78, 5) is 0. The molecule has 88 valence electrons. The topological polar surface area (TPSA) is 57.2 Å². The van der Waals surface area contributed by atoms with Gasteiger partial charge in [-0.15, -0.1) is 0 Å². The molecule has 0 N–H and O–H groups in total. The zero-order chi connectivity index (χ0) is 12.0. The Morgan fingerprint density at radius 2 is 1.81 bits per heavy atom. The summed E-state index contributed by atoms with van der Waals surface area (Å²) in [5.41, 5.74) is 2.21. The minimum atomic E-state index is -4.05. The summed E-state index contributed by atoms with van der Waals surface area (Å²) in [6.07, 6.45) is 3.71. The Morgan fingerprint density at radius 3 is 2.31 bits per heavy atom. The number of hydrogen-bond acceptors (Lipinski definition) is 3. The molecule has 0 aliphatic carbocycles. The van der Waals surface area contributed by atoms with Gasteiger partial charge >= 0.3 is 0 Å². The minimum Gasteiger partial charge on any atom is -0.748 e. The highest BCUT2D eigenvalue weighted by Crippen LogP contribution is 2.09. The van der Waals surface area contributed by atoms with Gasteiger partial charge in [-0.1, -0.05) is 36.9 Å². The molecule has 0 heterocycles. The zero-order valence-electron chi connectivity index (χ0n) is 9.06. The molecule has 0 fully saturated rings. The molecule has 0 aliphatic heterocycles. The van der Waals surface area contributed by atoms with Crippen LogP contribution in [0.15, 0.2) is 30.8 Å². The van der Waals surface area contributed by atoms with Crippen LogP contribution in [0.5, 0.6) is 0 Å². The van der Waals surface area contributed by atoms with Crippen molar-refractivity contribution in [1.82, 2.24) is 0 Å². The first kappa shape index (κ1) is 12.9. The maximum atomic E-state index is 10.4. The highest BCUT2D eigenvalue weighted by atomic mass is 32.2. The van der Waals surface area contributed by atoms with Crippen molar-refractivity contribution < 1.29 is 13.0 Å². The van der Waals surface area contributed by atoms with Crippen molar-refractivity contribution in [2.75, 3.05) is 5.75 Å². The summed E-state index contributed by atoms with van der Waals surface area (Å²) in [5.74, 6) is -0.266. The summed E-state index contributed by atoms with van der Waals surface area (Å²) < 4.78 is 31.1. The van der Waals surface area contributed by atoms with Gasteiger partial charge in [0.1, 0.15) is 0 Å². The van der Waals surface area contributed by atoms with Gasteiger partial charge in [0.05, 0.1) is 10.1 Å². The number of hydrogen-bond donors (Lipinski definition) is 0. The second-order valence-corrected chi connectivity index (χ2v) is 5.19. The molecule has 0 saturated heterocycles. The summed E-state index contributed by atoms with van der Waals surface area (Å²) in [6, 6.07) is 7.91. The third-order valence-corrected chi connectivity index (χ3v) is 3.11. The Labute approximate surface area is 96.6 Å². The largest absolute Gasteiger partial charge is 0.748 e. The van der Waals surface area contributed by atoms with Gasteiger partial charge in [0.2, 0.25) is 0 Å². The second kappa shape index (κ2) is 5.82. The number of unbranched alkanes of at least 4 members (excludes halogenated alkanes) is 1. The van der Waals surface area contributed by atoms with E-state index in [1.165, 1.54) is 0 Å². The van der Waals surface area contributed by atoms with Crippen LogP contribution >= 0.6 is 0 Å². The molecule has 0 amide bonds. The molecule has 1 aromatic rings. The summed E-state index contributed by atoms with van der Waals surface area (Å²) in [7, 11) is -4.05. The van der Waals surface area contributed by atoms with Crippen molar-refractivity contribution in [1.29, 1.82) is 0 Å². The van der Waals surface area contributed by atoms with Crippen LogP contribution in [-0.4, -0.2) is 18.7 Å². The second-order valence-electron chi connectivity index (χ2n) is 3.66. The lowest BCUT2D eigenvalue weighted by molar-refractivity contribution is 0.460. The van der Waals surface area contributed by atoms with Crippen LogP contribution in [-0.2, 0) is 16.5 Å². The van der Waals surface area contributed by atoms with E-state index in [1.807, 2.05) is 24.3 Å². The Hall–Kier alpha value is -1.13. The van der Waals surface area contributed by atoms with Gasteiger partial charge in [-0.3, -0.25) is 0 Å². The Balaban J connectivity index is 2.35. The Bertz CT molecular complexity index is 432. The lowest BCUT2D eigenvalue weighted by Crippen LogP contribution is -2.04. The van der Waals surface area contributed by atoms with E-state index < -0.39 is 10.1 Å². The molecule has 4 heteroatoms. The first-order chi connectivity index (χ1) is 7.51. The lowest BCUT2D eigenvalue weighted by Gasteiger charge is -2.06. The van der Waals surface area contributed by atoms with Crippen LogP contribution in [0.25, 0.3) is 6.08 Å². The number of benzene rings is 1. The van der Waals surface area contributed by atoms with E-state index >= 15 is 0 Å². The molecule has 1 rings (SSSR count). The monoisotopic (exact) mass is 239 g/mol. The highest BCUT2D eigenvalue weighted by molar-refractivity contribution is 7.85. The molecule has 0 radical (unpaired) electrons. The molecular formula is C12H15O3S-. The first-order valence-electron chi connectivity index (χ1n) is 5.16. The van der Waals surface area contributed by atoms with Crippen LogP contribution in [0.4, 0.5) is 0 Å². The molecule has 0 unspecified atom stereocenters. The van der Waals surface area contributed by atoms with Crippen LogP contribution < -0.4 is 0 Å². The van der Waals surface area contributed by atoms with E-state index in [0.717, 1.165) is 24.0 Å². The van der Waals surface area contributed by atoms with Crippen molar-refractivity contribution in [3.63, 3.8) is 0 Å². The van der Waals surface area contributed by atoms with E-state index in [-0.39, 0.29) is 5.75 Å². The molecule has 0 aliphatic rings. The fourth-order valence-corrected chi connectivity index (χ4v) is 1.99. The SMILES string of the molecule is C=Cc1ccc(CCCCS(=O)(=O)[O-])cc1. The number of aryl methyl sites for hydroxylation is 1. The fourth-order valence-electron chi connectivity index (χ4n) is 1.43. The van der Waals surface area contributed by atoms with E-state index in [0.29, 0.717) is 6.42 Å². The van der Waals surface area contributed by atoms with Crippen molar-refractivity contribution in [3.05, 3.63) is 42.0 Å². The van der Waals surface area contributed by atoms with Crippen LogP contribution in [0.3, 0.4) is 0 Å². The van der Waals surface area contributed by atoms with Crippen molar-refractivity contribution in [2.45, 2.75) is 19.3 Å². The van der Waals surface area contributed by atoms with Gasteiger partial charge in [-0.25, -0.2) is 8.42 Å². The quantitative estimate of drug-likeness (QED) is 0.565. The predicted molar refractivity (Wildman–Crippen MR) is 64.0 cm³/mol. The average molecular weight is 239 g/mol. The van der Waals surface area contributed by atoms with E-state index in [1.54, 1.807) is 6.08 Å². The van der Waals surface area contributed by atoms with Gasteiger partial charge in [-0.2, -0.15) is 0 Å². The molecule has 0 atom stereocenters. The van der Waals surface area contributed by atoms with Crippen LogP contribution in [0.1, 0.15) is 24.0 Å². The maximum absolute atomic E-state index is 10.4. The van der Waals surface area contributed by atoms with Gasteiger partial charge in [-0.05, 0) is 30.4 Å². The Morgan fingerprint density at radius 1 is 1.19 bits per heavy atom. The molecule has 0 aromatic heterocycles. The van der Waals surface area contributed by atoms with Crippen LogP contribution in [0.2, 0.25) is 0 Å². The van der Waals surface area contributed by atoms with E-state index in [2.05, 4.69) is 6.58 Å². The molecule has 0 bridgehead atoms. The standard InChI is InChI=1S/C12H16O3S/c1-2-11-6-8-12(9-7-11)5-3-4-10-16(13,14)15/h2,6-9H,1,3-5,10H2,(H,13,14,15)/p-1. The normalized spacial score (nSPS) is 11.3. The Kier molecular flexibility index (Phi) is 4.71. The van der Waals surface area contributed by atoms with Gasteiger partial charge in [0.25, 0.3) is 0 Å². The third-order valence-electron chi connectivity index (χ3n) is 2.33. The molecular weight excluding hydrogens is 224 g/mol. The van der Waals surface area contributed by atoms with E-state index in [4.69, 9.17) is 0 Å². The van der Waals surface area contributed by atoms with Crippen LogP contribution in [0, 0.1) is 0 Å².